The summed E-state index contributed by atoms with van der Waals surface area (Å²) in [5.74, 6) is -13.8. The van der Waals surface area contributed by atoms with Crippen LogP contribution in [-0.4, -0.2) is 69.1 Å². The summed E-state index contributed by atoms with van der Waals surface area (Å²) in [4.78, 5) is 30.6. The number of rotatable bonds is 5. The Morgan fingerprint density at radius 3 is 2.08 bits per heavy atom. The lowest BCUT2D eigenvalue weighted by Crippen LogP contribution is -2.54. The summed E-state index contributed by atoms with van der Waals surface area (Å²) in [7, 11) is 0. The fourth-order valence-electron chi connectivity index (χ4n) is 4.09. The number of carbonyl (C=O) groups excluding carboxylic acids is 1. The molecule has 0 bridgehead atoms. The number of amides is 1. The number of fused-ring (bicyclic) bond motifs is 1. The third kappa shape index (κ3) is 4.94. The fourth-order valence-corrected chi connectivity index (χ4v) is 4.09. The van der Waals surface area contributed by atoms with Crippen molar-refractivity contribution in [3.63, 3.8) is 0 Å². The number of nitrogens with one attached hydrogen (secondary N) is 1. The Labute approximate surface area is 217 Å². The highest BCUT2D eigenvalue weighted by Gasteiger charge is 2.61. The van der Waals surface area contributed by atoms with Crippen molar-refractivity contribution in [3.8, 4) is 5.69 Å². The van der Waals surface area contributed by atoms with Gasteiger partial charge in [-0.05, 0) is 13.0 Å². The summed E-state index contributed by atoms with van der Waals surface area (Å²) in [5, 5.41) is 20.0. The van der Waals surface area contributed by atoms with E-state index in [0.29, 0.717) is 16.8 Å². The second kappa shape index (κ2) is 9.96. The molecular formula is C23H17F9N4O4. The van der Waals surface area contributed by atoms with E-state index >= 15 is 4.39 Å². The minimum absolute atomic E-state index is 0.200. The van der Waals surface area contributed by atoms with Gasteiger partial charge in [-0.3, -0.25) is 14.2 Å². The van der Waals surface area contributed by atoms with E-state index in [1.807, 2.05) is 0 Å². The monoisotopic (exact) mass is 584 g/mol. The molecule has 1 amide bonds. The topological polar surface area (TPSA) is 108 Å². The van der Waals surface area contributed by atoms with Crippen molar-refractivity contribution in [1.82, 2.24) is 14.9 Å². The normalized spacial score (nSPS) is 18.9. The van der Waals surface area contributed by atoms with Crippen molar-refractivity contribution in [3.05, 3.63) is 63.5 Å². The summed E-state index contributed by atoms with van der Waals surface area (Å²) in [6.45, 7) is -0.422. The first kappa shape index (κ1) is 29.1. The lowest BCUT2D eigenvalue weighted by molar-refractivity contribution is -0.290. The van der Waals surface area contributed by atoms with Gasteiger partial charge in [-0.15, -0.1) is 0 Å². The maximum atomic E-state index is 15.0. The molecule has 0 aliphatic carbocycles. The lowest BCUT2D eigenvalue weighted by atomic mass is 10.1. The molecule has 1 aliphatic heterocycles. The number of anilines is 1. The number of aromatic nitrogens is 2. The van der Waals surface area contributed by atoms with E-state index in [1.165, 1.54) is 5.32 Å². The number of β-amino-alcohol motifs (C(OH)–C–C–N with tert-alkyl or cyclic N) is 2. The molecule has 3 heterocycles. The fraction of sp³-hybridized carbons (Fsp3) is 0.348. The van der Waals surface area contributed by atoms with Crippen LogP contribution < -0.4 is 15.6 Å². The van der Waals surface area contributed by atoms with Gasteiger partial charge in [-0.1, -0.05) is 0 Å². The van der Waals surface area contributed by atoms with Crippen molar-refractivity contribution < 1.29 is 54.5 Å². The zero-order valence-corrected chi connectivity index (χ0v) is 19.9. The number of hydrogen-bond donors (Lipinski definition) is 3. The van der Waals surface area contributed by atoms with Gasteiger partial charge < -0.3 is 20.4 Å². The molecule has 8 nitrogen and oxygen atoms in total. The molecule has 0 radical (unpaired) electrons. The Morgan fingerprint density at radius 2 is 1.55 bits per heavy atom. The molecule has 0 spiro atoms. The predicted molar refractivity (Wildman–Crippen MR) is 119 cm³/mol. The largest absolute Gasteiger partial charge is 0.455 e. The van der Waals surface area contributed by atoms with E-state index in [4.69, 9.17) is 0 Å². The van der Waals surface area contributed by atoms with Gasteiger partial charge in [0.25, 0.3) is 5.91 Å². The summed E-state index contributed by atoms with van der Waals surface area (Å²) in [5.41, 5.74) is -4.61. The van der Waals surface area contributed by atoms with Gasteiger partial charge in [0.15, 0.2) is 28.9 Å². The Balaban J connectivity index is 1.95. The predicted octanol–water partition coefficient (Wildman–Crippen LogP) is 2.80. The van der Waals surface area contributed by atoms with Crippen LogP contribution in [0.25, 0.3) is 16.7 Å². The van der Waals surface area contributed by atoms with Crippen molar-refractivity contribution in [2.24, 2.45) is 0 Å². The maximum Gasteiger partial charge on any atom is 0.455 e. The highest BCUT2D eigenvalue weighted by atomic mass is 19.4. The zero-order chi connectivity index (χ0) is 29.9. The number of pyridine rings is 2. The average molecular weight is 584 g/mol. The third-order valence-corrected chi connectivity index (χ3v) is 6.21. The summed E-state index contributed by atoms with van der Waals surface area (Å²) >= 11 is 0. The second-order valence-electron chi connectivity index (χ2n) is 8.98. The van der Waals surface area contributed by atoms with Crippen LogP contribution >= 0.6 is 0 Å². The first-order valence-corrected chi connectivity index (χ1v) is 11.2. The van der Waals surface area contributed by atoms with E-state index < -0.39 is 93.1 Å². The van der Waals surface area contributed by atoms with Crippen LogP contribution in [0.3, 0.4) is 0 Å². The summed E-state index contributed by atoms with van der Waals surface area (Å²) in [6.07, 6.45) is -8.41. The molecule has 2 aromatic heterocycles. The molecule has 17 heteroatoms. The zero-order valence-electron chi connectivity index (χ0n) is 19.9. The number of aliphatic hydroxyl groups excluding tert-OH is 2. The molecule has 1 unspecified atom stereocenters. The Morgan fingerprint density at radius 1 is 1.00 bits per heavy atom. The van der Waals surface area contributed by atoms with Crippen molar-refractivity contribution >= 4 is 22.8 Å². The van der Waals surface area contributed by atoms with Gasteiger partial charge in [0.05, 0.1) is 23.6 Å². The van der Waals surface area contributed by atoms with E-state index in [1.54, 1.807) is 0 Å². The van der Waals surface area contributed by atoms with Gasteiger partial charge in [-0.25, -0.2) is 22.5 Å². The van der Waals surface area contributed by atoms with Crippen LogP contribution in [-0.2, 0) is 0 Å². The number of halogens is 9. The molecule has 3 aromatic rings. The molecule has 1 fully saturated rings. The van der Waals surface area contributed by atoms with E-state index in [2.05, 4.69) is 4.98 Å². The molecule has 1 saturated heterocycles. The second-order valence-corrected chi connectivity index (χ2v) is 8.98. The molecule has 216 valence electrons. The number of nitrogens with zero attached hydrogens (tertiary/aromatic N) is 3. The standard InChI is InChI=1S/C23H17F9N4O4/c1-8(22(28,29)23(30,31)32)33-21(40)11-5-36(17-12(25)2-9(24)3-13(17)26)19-10(18(11)39)4-14(27)20(34-19)35-6-15(37)16(38)7-35/h2-5,8,15-16,37-38H,6-7H2,1H3,(H,33,40)/t8?,15-,16-/m1/s1. The Hall–Kier alpha value is -3.86. The van der Waals surface area contributed by atoms with Crippen molar-refractivity contribution in [2.75, 3.05) is 18.0 Å². The smallest absolute Gasteiger partial charge is 0.389 e. The number of hydrogen-bond acceptors (Lipinski definition) is 6. The highest BCUT2D eigenvalue weighted by molar-refractivity contribution is 5.97. The lowest BCUT2D eigenvalue weighted by Gasteiger charge is -2.26. The van der Waals surface area contributed by atoms with Crippen LogP contribution in [0, 0.1) is 23.3 Å². The van der Waals surface area contributed by atoms with Crippen LogP contribution in [0.15, 0.2) is 29.2 Å². The summed E-state index contributed by atoms with van der Waals surface area (Å²) < 4.78 is 124. The maximum absolute atomic E-state index is 15.0. The average Bonchev–Trinajstić information content (AvgIpc) is 3.16. The van der Waals surface area contributed by atoms with Gasteiger partial charge in [0, 0.05) is 31.4 Å². The summed E-state index contributed by atoms with van der Waals surface area (Å²) in [6, 6.07) is -2.07. The van der Waals surface area contributed by atoms with Gasteiger partial charge in [0.2, 0.25) is 5.43 Å². The van der Waals surface area contributed by atoms with Crippen LogP contribution in [0.2, 0.25) is 0 Å². The molecule has 3 N–H and O–H groups in total. The number of carbonyl (C=O) groups is 1. The molecule has 4 rings (SSSR count). The van der Waals surface area contributed by atoms with Crippen molar-refractivity contribution in [1.29, 1.82) is 0 Å². The minimum atomic E-state index is -6.09. The van der Waals surface area contributed by atoms with Crippen LogP contribution in [0.5, 0.6) is 0 Å². The number of alkyl halides is 5. The van der Waals surface area contributed by atoms with E-state index in [0.717, 1.165) is 4.90 Å². The van der Waals surface area contributed by atoms with Gasteiger partial charge >= 0.3 is 12.1 Å². The quantitative estimate of drug-likeness (QED) is 0.399. The first-order chi connectivity index (χ1) is 18.4. The van der Waals surface area contributed by atoms with Gasteiger partial charge in [0.1, 0.15) is 17.1 Å². The van der Waals surface area contributed by atoms with Gasteiger partial charge in [-0.2, -0.15) is 22.0 Å². The molecule has 3 atom stereocenters. The third-order valence-electron chi connectivity index (χ3n) is 6.21. The van der Waals surface area contributed by atoms with E-state index in [9.17, 15) is 54.9 Å². The first-order valence-electron chi connectivity index (χ1n) is 11.2. The Bertz CT molecular complexity index is 1530. The molecular weight excluding hydrogens is 567 g/mol. The van der Waals surface area contributed by atoms with Crippen molar-refractivity contribution in [2.45, 2.75) is 37.3 Å². The SMILES string of the molecule is CC(NC(=O)c1cn(-c2c(F)cc(F)cc2F)c2nc(N3C[C@@H](O)[C@H](O)C3)c(F)cc2c1=O)C(F)(F)C(F)(F)F. The Kier molecular flexibility index (Phi) is 7.25. The van der Waals surface area contributed by atoms with Crippen LogP contribution in [0.1, 0.15) is 17.3 Å². The molecule has 40 heavy (non-hydrogen) atoms. The highest BCUT2D eigenvalue weighted by Crippen LogP contribution is 2.38. The minimum Gasteiger partial charge on any atom is -0.389 e. The van der Waals surface area contributed by atoms with E-state index in [-0.39, 0.29) is 32.1 Å². The number of benzene rings is 1. The van der Waals surface area contributed by atoms with Crippen LogP contribution in [0.4, 0.5) is 45.3 Å². The molecule has 1 aromatic carbocycles. The number of aliphatic hydroxyl groups is 2. The molecule has 0 saturated carbocycles. The molecule has 1 aliphatic rings.